The quantitative estimate of drug-likeness (QED) is 0.0551. The Kier molecular flexibility index (Phi) is 18.8. The van der Waals surface area contributed by atoms with E-state index < -0.39 is 160 Å². The number of esters is 1. The van der Waals surface area contributed by atoms with Gasteiger partial charge in [-0.1, -0.05) is 46.3 Å². The molecule has 28 atom stereocenters. The molecule has 8 aliphatic rings. The largest absolute Gasteiger partial charge is 0.463 e. The highest BCUT2D eigenvalue weighted by Crippen LogP contribution is 2.76. The summed E-state index contributed by atoms with van der Waals surface area (Å²) in [5.41, 5.74) is -1.32. The number of allylic oxidation sites excluding steroid dienone is 2. The molecule has 4 saturated carbocycles. The first-order valence-electron chi connectivity index (χ1n) is 28.1. The van der Waals surface area contributed by atoms with E-state index in [0.717, 1.165) is 50.5 Å². The van der Waals surface area contributed by atoms with Gasteiger partial charge in [-0.05, 0) is 130 Å². The first-order chi connectivity index (χ1) is 36.0. The van der Waals surface area contributed by atoms with Crippen LogP contribution in [0.2, 0.25) is 0 Å². The molecule has 4 aliphatic heterocycles. The molecule has 0 unspecified atom stereocenters. The first kappa shape index (κ1) is 61.5. The standard InChI is InChI=1S/C55H92O22/c1-25(2)11-10-17-55(68,24-71-48-43(66)41(64)38(61)31(21-56)73-48)29-14-19-53(8)28(29)12-13-34-52(7)18-16-35(51(5,6)33(52)15-20-54(34,53)9)75-50-46(77-49-44(67)40(63)36(59)26(3)72-49)45(39(62)32(74-50)23-69-27(4)57)76-47-42(65)37(60)30(58)22-70-47/h11,26,28-50,56,58-68H,10,12-24H2,1-9H3/t26-,28+,29-,30+,31+,32+,33+,34+,35-,36-,37-,38+,39+,40+,41-,42+,43+,44+,45-,46+,47-,48+,49-,50-,52-,53+,54+,55+/m0/s1. The Morgan fingerprint density at radius 1 is 0.636 bits per heavy atom. The maximum atomic E-state index is 13.0. The minimum Gasteiger partial charge on any atom is -0.463 e. The van der Waals surface area contributed by atoms with E-state index in [4.69, 9.17) is 42.6 Å². The van der Waals surface area contributed by atoms with Gasteiger partial charge in [0.15, 0.2) is 25.2 Å². The van der Waals surface area contributed by atoms with Crippen LogP contribution in [-0.4, -0.2) is 222 Å². The maximum absolute atomic E-state index is 13.0. The van der Waals surface area contributed by atoms with Gasteiger partial charge < -0.3 is 104 Å². The Labute approximate surface area is 451 Å². The lowest BCUT2D eigenvalue weighted by atomic mass is 9.35. The Morgan fingerprint density at radius 2 is 1.27 bits per heavy atom. The van der Waals surface area contributed by atoms with Crippen molar-refractivity contribution in [2.45, 2.75) is 255 Å². The third-order valence-corrected chi connectivity index (χ3v) is 20.7. The third kappa shape index (κ3) is 11.3. The van der Waals surface area contributed by atoms with Crippen LogP contribution in [0.1, 0.15) is 127 Å². The lowest BCUT2D eigenvalue weighted by molar-refractivity contribution is -0.395. The molecule has 8 rings (SSSR count). The van der Waals surface area contributed by atoms with Crippen LogP contribution in [0.15, 0.2) is 11.6 Å². The fraction of sp³-hybridized carbons (Fsp3) is 0.945. The molecule has 22 heteroatoms. The van der Waals surface area contributed by atoms with E-state index in [1.54, 1.807) is 0 Å². The van der Waals surface area contributed by atoms with E-state index in [9.17, 15) is 66.1 Å². The molecular weight excluding hydrogens is 1010 g/mol. The molecule has 0 aromatic rings. The molecule has 444 valence electrons. The van der Waals surface area contributed by atoms with E-state index in [-0.39, 0.29) is 46.5 Å². The summed E-state index contributed by atoms with van der Waals surface area (Å²) >= 11 is 0. The van der Waals surface area contributed by atoms with E-state index >= 15 is 0 Å². The second-order valence-electron chi connectivity index (χ2n) is 25.7. The third-order valence-electron chi connectivity index (χ3n) is 20.7. The summed E-state index contributed by atoms with van der Waals surface area (Å²) in [5.74, 6) is -0.346. The van der Waals surface area contributed by atoms with E-state index in [2.05, 4.69) is 40.7 Å². The van der Waals surface area contributed by atoms with E-state index in [1.807, 2.05) is 13.8 Å². The molecule has 8 fully saturated rings. The number of carbonyl (C=O) groups is 1. The minimum atomic E-state index is -1.80. The molecule has 4 saturated heterocycles. The molecule has 4 heterocycles. The summed E-state index contributed by atoms with van der Waals surface area (Å²) in [5, 5.41) is 131. The van der Waals surface area contributed by atoms with Crippen molar-refractivity contribution in [2.75, 3.05) is 26.4 Å². The molecule has 0 amide bonds. The lowest BCUT2D eigenvalue weighted by Crippen LogP contribution is -2.68. The normalized spacial score (nSPS) is 50.6. The van der Waals surface area contributed by atoms with Crippen molar-refractivity contribution in [3.8, 4) is 0 Å². The Morgan fingerprint density at radius 3 is 1.95 bits per heavy atom. The Balaban J connectivity index is 1.05. The van der Waals surface area contributed by atoms with E-state index in [0.29, 0.717) is 19.3 Å². The van der Waals surface area contributed by atoms with Crippen molar-refractivity contribution < 1.29 is 109 Å². The fourth-order valence-corrected chi connectivity index (χ4v) is 16.1. The van der Waals surface area contributed by atoms with Gasteiger partial charge in [0.05, 0.1) is 37.6 Å². The number of rotatable bonds is 16. The zero-order valence-electron chi connectivity index (χ0n) is 46.3. The van der Waals surface area contributed by atoms with Crippen LogP contribution in [0.3, 0.4) is 0 Å². The van der Waals surface area contributed by atoms with Crippen LogP contribution in [-0.2, 0) is 47.4 Å². The zero-order valence-corrected chi connectivity index (χ0v) is 46.3. The average Bonchev–Trinajstić information content (AvgIpc) is 3.74. The summed E-state index contributed by atoms with van der Waals surface area (Å²) in [6.45, 7) is 16.6. The highest BCUT2D eigenvalue weighted by atomic mass is 16.8. The number of aliphatic hydroxyl groups excluding tert-OH is 11. The van der Waals surface area contributed by atoms with Crippen LogP contribution in [0.5, 0.6) is 0 Å². The van der Waals surface area contributed by atoms with Crippen LogP contribution < -0.4 is 0 Å². The Hall–Kier alpha value is -1.59. The van der Waals surface area contributed by atoms with Crippen molar-refractivity contribution >= 4 is 5.97 Å². The zero-order chi connectivity index (χ0) is 56.5. The van der Waals surface area contributed by atoms with Crippen molar-refractivity contribution in [3.63, 3.8) is 0 Å². The molecule has 0 bridgehead atoms. The van der Waals surface area contributed by atoms with Gasteiger partial charge in [0, 0.05) is 6.92 Å². The summed E-state index contributed by atoms with van der Waals surface area (Å²) < 4.78 is 55.0. The number of aliphatic hydroxyl groups is 12. The SMILES string of the molecule is CC(=O)OC[C@H]1O[C@@H](O[C@H]2CC[C@@]3(C)[C@H](CC[C@]4(C)[C@@H]3CC[C@@H]3[C@@H]([C@@](O)(CCC=C(C)C)CO[C@@H]5O[C@H](CO)[C@@H](O)[C@H](O)[C@H]5O)CC[C@]34C)C2(C)C)[C@H](O[C@@H]2O[C@@H](C)[C@H](O)[C@@H](O)[C@H]2O)[C@@H](O[C@@H]2OC[C@@H](O)[C@H](O)[C@H]2O)[C@@H]1O. The van der Waals surface area contributed by atoms with Crippen molar-refractivity contribution in [1.82, 2.24) is 0 Å². The topological polar surface area (TPSA) is 343 Å². The summed E-state index contributed by atoms with van der Waals surface area (Å²) in [6, 6.07) is 0. The van der Waals surface area contributed by atoms with Gasteiger partial charge in [-0.15, -0.1) is 0 Å². The highest BCUT2D eigenvalue weighted by Gasteiger charge is 2.70. The number of hydrogen-bond donors (Lipinski definition) is 12. The number of carbonyl (C=O) groups excluding carboxylic acids is 1. The molecule has 22 nitrogen and oxygen atoms in total. The van der Waals surface area contributed by atoms with Gasteiger partial charge in [-0.2, -0.15) is 0 Å². The molecule has 0 spiro atoms. The van der Waals surface area contributed by atoms with Gasteiger partial charge in [-0.25, -0.2) is 0 Å². The number of ether oxygens (including phenoxy) is 9. The van der Waals surface area contributed by atoms with Gasteiger partial charge in [0.25, 0.3) is 0 Å². The molecule has 0 aromatic carbocycles. The molecule has 0 aromatic heterocycles. The number of fused-ring (bicyclic) bond motifs is 5. The highest BCUT2D eigenvalue weighted by molar-refractivity contribution is 5.65. The van der Waals surface area contributed by atoms with Crippen LogP contribution in [0, 0.1) is 45.3 Å². The van der Waals surface area contributed by atoms with Gasteiger partial charge in [0.2, 0.25) is 0 Å². The molecule has 4 aliphatic carbocycles. The van der Waals surface area contributed by atoms with Crippen LogP contribution >= 0.6 is 0 Å². The van der Waals surface area contributed by atoms with Crippen LogP contribution in [0.4, 0.5) is 0 Å². The molecule has 0 radical (unpaired) electrons. The Bertz CT molecular complexity index is 2030. The monoisotopic (exact) mass is 1100 g/mol. The lowest BCUT2D eigenvalue weighted by Gasteiger charge is -2.70. The first-order valence-corrected chi connectivity index (χ1v) is 28.1. The summed E-state index contributed by atoms with van der Waals surface area (Å²) in [7, 11) is 0. The second kappa shape index (κ2) is 23.6. The van der Waals surface area contributed by atoms with Crippen molar-refractivity contribution in [3.05, 3.63) is 11.6 Å². The summed E-state index contributed by atoms with van der Waals surface area (Å²) in [6.07, 6.45) is -20.1. The minimum absolute atomic E-state index is 0.106. The average molecular weight is 1110 g/mol. The van der Waals surface area contributed by atoms with Crippen molar-refractivity contribution in [1.29, 1.82) is 0 Å². The predicted octanol–water partition coefficient (Wildman–Crippen LogP) is 0.0365. The molecular formula is C55H92O22. The molecule has 77 heavy (non-hydrogen) atoms. The fourth-order valence-electron chi connectivity index (χ4n) is 16.1. The predicted molar refractivity (Wildman–Crippen MR) is 268 cm³/mol. The van der Waals surface area contributed by atoms with Crippen LogP contribution in [0.25, 0.3) is 0 Å². The van der Waals surface area contributed by atoms with Crippen molar-refractivity contribution in [2.24, 2.45) is 45.3 Å². The second-order valence-corrected chi connectivity index (χ2v) is 25.7. The molecule has 12 N–H and O–H groups in total. The van der Waals surface area contributed by atoms with Gasteiger partial charge in [0.1, 0.15) is 92.1 Å². The smallest absolute Gasteiger partial charge is 0.302 e. The maximum Gasteiger partial charge on any atom is 0.302 e. The number of hydrogen-bond acceptors (Lipinski definition) is 22. The van der Waals surface area contributed by atoms with Gasteiger partial charge in [-0.3, -0.25) is 4.79 Å². The van der Waals surface area contributed by atoms with Gasteiger partial charge >= 0.3 is 5.97 Å². The summed E-state index contributed by atoms with van der Waals surface area (Å²) in [4.78, 5) is 12.2. The van der Waals surface area contributed by atoms with E-state index in [1.165, 1.54) is 13.8 Å².